The first-order chi connectivity index (χ1) is 10.8. The first-order valence-electron chi connectivity index (χ1n) is 7.57. The molecule has 0 unspecified atom stereocenters. The fourth-order valence-electron chi connectivity index (χ4n) is 2.09. The van der Waals surface area contributed by atoms with Crippen LogP contribution >= 0.6 is 24.0 Å². The van der Waals surface area contributed by atoms with Crippen molar-refractivity contribution in [2.75, 3.05) is 19.6 Å². The van der Waals surface area contributed by atoms with Gasteiger partial charge in [0.2, 0.25) is 0 Å². The molecule has 2 rings (SSSR count). The number of aliphatic imine (C=N–C) groups is 1. The molecule has 1 aromatic heterocycles. The molecule has 0 aliphatic carbocycles. The zero-order valence-corrected chi connectivity index (χ0v) is 15.5. The average molecular weight is 431 g/mol. The molecule has 6 heteroatoms. The van der Waals surface area contributed by atoms with Gasteiger partial charge in [-0.2, -0.15) is 0 Å². The number of furan rings is 1. The van der Waals surface area contributed by atoms with E-state index in [-0.39, 0.29) is 29.8 Å². The Morgan fingerprint density at radius 3 is 2.65 bits per heavy atom. The summed E-state index contributed by atoms with van der Waals surface area (Å²) in [4.78, 5) is 4.48. The van der Waals surface area contributed by atoms with Crippen LogP contribution in [0.5, 0.6) is 0 Å². The molecule has 0 aliphatic rings. The van der Waals surface area contributed by atoms with Crippen molar-refractivity contribution in [3.05, 3.63) is 59.8 Å². The van der Waals surface area contributed by atoms with Crippen LogP contribution in [-0.4, -0.2) is 25.6 Å². The van der Waals surface area contributed by atoms with E-state index < -0.39 is 0 Å². The molecule has 0 amide bonds. The monoisotopic (exact) mass is 431 g/mol. The molecule has 23 heavy (non-hydrogen) atoms. The third-order valence-electron chi connectivity index (χ3n) is 3.20. The smallest absolute Gasteiger partial charge is 0.191 e. The van der Waals surface area contributed by atoms with Gasteiger partial charge in [0.1, 0.15) is 11.6 Å². The Hall–Kier alpha value is -1.57. The zero-order valence-electron chi connectivity index (χ0n) is 13.2. The lowest BCUT2D eigenvalue weighted by Gasteiger charge is -2.11. The van der Waals surface area contributed by atoms with Crippen molar-refractivity contribution >= 4 is 29.9 Å². The van der Waals surface area contributed by atoms with Crippen LogP contribution in [0.25, 0.3) is 0 Å². The Morgan fingerprint density at radius 2 is 1.96 bits per heavy atom. The molecule has 1 heterocycles. The number of hydrogen-bond acceptors (Lipinski definition) is 2. The van der Waals surface area contributed by atoms with Crippen molar-refractivity contribution in [3.8, 4) is 0 Å². The van der Waals surface area contributed by atoms with Crippen LogP contribution in [0.2, 0.25) is 0 Å². The van der Waals surface area contributed by atoms with Crippen molar-refractivity contribution in [2.45, 2.75) is 19.8 Å². The standard InChI is InChI=1S/C17H22FN3O.HI/c1-2-19-17(21-12-10-15-7-5-13-22-15)20-11-9-14-6-3-4-8-16(14)18;/h3-8,13H,2,9-12H2,1H3,(H2,19,20,21);1H. The molecule has 1 aromatic carbocycles. The summed E-state index contributed by atoms with van der Waals surface area (Å²) in [6.45, 7) is 4.07. The molecular formula is C17H23FIN3O. The molecule has 0 aliphatic heterocycles. The normalized spacial score (nSPS) is 11.0. The van der Waals surface area contributed by atoms with E-state index in [2.05, 4.69) is 15.6 Å². The van der Waals surface area contributed by atoms with Gasteiger partial charge in [-0.15, -0.1) is 24.0 Å². The van der Waals surface area contributed by atoms with Crippen LogP contribution in [0.3, 0.4) is 0 Å². The number of rotatable bonds is 7. The van der Waals surface area contributed by atoms with Crippen LogP contribution < -0.4 is 10.6 Å². The number of halogens is 2. The van der Waals surface area contributed by atoms with Crippen molar-refractivity contribution in [1.82, 2.24) is 10.6 Å². The molecular weight excluding hydrogens is 408 g/mol. The number of nitrogens with one attached hydrogen (secondary N) is 2. The molecule has 0 fully saturated rings. The summed E-state index contributed by atoms with van der Waals surface area (Å²) in [6, 6.07) is 10.6. The van der Waals surface area contributed by atoms with Crippen molar-refractivity contribution in [3.63, 3.8) is 0 Å². The summed E-state index contributed by atoms with van der Waals surface area (Å²) in [5.41, 5.74) is 0.710. The summed E-state index contributed by atoms with van der Waals surface area (Å²) >= 11 is 0. The lowest BCUT2D eigenvalue weighted by molar-refractivity contribution is 0.510. The zero-order chi connectivity index (χ0) is 15.6. The SMILES string of the molecule is CCNC(=NCCc1ccco1)NCCc1ccccc1F.I. The third kappa shape index (κ3) is 7.02. The highest BCUT2D eigenvalue weighted by atomic mass is 127. The van der Waals surface area contributed by atoms with Gasteiger partial charge in [0.05, 0.1) is 6.26 Å². The highest BCUT2D eigenvalue weighted by Crippen LogP contribution is 2.06. The van der Waals surface area contributed by atoms with E-state index in [1.807, 2.05) is 25.1 Å². The van der Waals surface area contributed by atoms with Gasteiger partial charge < -0.3 is 15.1 Å². The van der Waals surface area contributed by atoms with Gasteiger partial charge in [-0.1, -0.05) is 18.2 Å². The number of benzene rings is 1. The van der Waals surface area contributed by atoms with Crippen LogP contribution in [0.4, 0.5) is 4.39 Å². The molecule has 2 N–H and O–H groups in total. The fourth-order valence-corrected chi connectivity index (χ4v) is 2.09. The highest BCUT2D eigenvalue weighted by Gasteiger charge is 2.02. The summed E-state index contributed by atoms with van der Waals surface area (Å²) in [5, 5.41) is 6.40. The largest absolute Gasteiger partial charge is 0.469 e. The molecule has 126 valence electrons. The summed E-state index contributed by atoms with van der Waals surface area (Å²) in [5.74, 6) is 1.50. The van der Waals surface area contributed by atoms with Gasteiger partial charge in [0.25, 0.3) is 0 Å². The molecule has 0 radical (unpaired) electrons. The minimum absolute atomic E-state index is 0. The molecule has 0 saturated heterocycles. The maximum Gasteiger partial charge on any atom is 0.191 e. The van der Waals surface area contributed by atoms with E-state index in [0.29, 0.717) is 25.1 Å². The molecule has 0 bridgehead atoms. The summed E-state index contributed by atoms with van der Waals surface area (Å²) < 4.78 is 18.8. The number of nitrogens with zero attached hydrogens (tertiary/aromatic N) is 1. The Labute approximate surface area is 153 Å². The number of guanidine groups is 1. The fraction of sp³-hybridized carbons (Fsp3) is 0.353. The van der Waals surface area contributed by atoms with Gasteiger partial charge in [-0.05, 0) is 37.1 Å². The van der Waals surface area contributed by atoms with E-state index in [1.54, 1.807) is 18.4 Å². The third-order valence-corrected chi connectivity index (χ3v) is 3.20. The van der Waals surface area contributed by atoms with E-state index >= 15 is 0 Å². The van der Waals surface area contributed by atoms with Crippen molar-refractivity contribution in [2.24, 2.45) is 4.99 Å². The average Bonchev–Trinajstić information content (AvgIpc) is 3.02. The van der Waals surface area contributed by atoms with Gasteiger partial charge in [-0.25, -0.2) is 4.39 Å². The van der Waals surface area contributed by atoms with Gasteiger partial charge in [-0.3, -0.25) is 4.99 Å². The van der Waals surface area contributed by atoms with Crippen LogP contribution in [0.1, 0.15) is 18.2 Å². The Balaban J connectivity index is 0.00000264. The van der Waals surface area contributed by atoms with Crippen molar-refractivity contribution in [1.29, 1.82) is 0 Å². The minimum Gasteiger partial charge on any atom is -0.469 e. The lowest BCUT2D eigenvalue weighted by atomic mass is 10.1. The maximum atomic E-state index is 13.5. The highest BCUT2D eigenvalue weighted by molar-refractivity contribution is 14.0. The first kappa shape index (κ1) is 19.5. The van der Waals surface area contributed by atoms with Crippen LogP contribution in [0, 0.1) is 5.82 Å². The Bertz CT molecular complexity index is 587. The molecule has 2 aromatic rings. The Morgan fingerprint density at radius 1 is 1.13 bits per heavy atom. The second-order valence-electron chi connectivity index (χ2n) is 4.86. The lowest BCUT2D eigenvalue weighted by Crippen LogP contribution is -2.38. The number of hydrogen-bond donors (Lipinski definition) is 2. The van der Waals surface area contributed by atoms with Gasteiger partial charge in [0, 0.05) is 26.1 Å². The second kappa shape index (κ2) is 11.0. The summed E-state index contributed by atoms with van der Waals surface area (Å²) in [6.07, 6.45) is 3.04. The quantitative estimate of drug-likeness (QED) is 0.402. The van der Waals surface area contributed by atoms with E-state index in [0.717, 1.165) is 24.7 Å². The van der Waals surface area contributed by atoms with Crippen LogP contribution in [-0.2, 0) is 12.8 Å². The molecule has 0 saturated carbocycles. The van der Waals surface area contributed by atoms with Gasteiger partial charge in [0.15, 0.2) is 5.96 Å². The van der Waals surface area contributed by atoms with E-state index in [4.69, 9.17) is 4.42 Å². The first-order valence-corrected chi connectivity index (χ1v) is 7.57. The molecule has 0 atom stereocenters. The predicted octanol–water partition coefficient (Wildman–Crippen LogP) is 3.38. The maximum absolute atomic E-state index is 13.5. The minimum atomic E-state index is -0.163. The van der Waals surface area contributed by atoms with Crippen molar-refractivity contribution < 1.29 is 8.81 Å². The second-order valence-corrected chi connectivity index (χ2v) is 4.86. The van der Waals surface area contributed by atoms with Gasteiger partial charge >= 0.3 is 0 Å². The topological polar surface area (TPSA) is 49.6 Å². The van der Waals surface area contributed by atoms with E-state index in [1.165, 1.54) is 6.07 Å². The molecule has 0 spiro atoms. The Kier molecular flexibility index (Phi) is 9.35. The van der Waals surface area contributed by atoms with E-state index in [9.17, 15) is 4.39 Å². The molecule has 4 nitrogen and oxygen atoms in total. The summed E-state index contributed by atoms with van der Waals surface area (Å²) in [7, 11) is 0. The van der Waals surface area contributed by atoms with Crippen LogP contribution in [0.15, 0.2) is 52.1 Å². The predicted molar refractivity (Wildman–Crippen MR) is 102 cm³/mol.